The van der Waals surface area contributed by atoms with Crippen LogP contribution < -0.4 is 4.90 Å². The number of aromatic nitrogens is 3. The van der Waals surface area contributed by atoms with Crippen molar-refractivity contribution in [3.8, 4) is 11.8 Å². The predicted molar refractivity (Wildman–Crippen MR) is 93.0 cm³/mol. The van der Waals surface area contributed by atoms with E-state index in [4.69, 9.17) is 11.6 Å². The molecule has 0 amide bonds. The maximum Gasteiger partial charge on any atom is 0.129 e. The van der Waals surface area contributed by atoms with Crippen LogP contribution >= 0.6 is 11.6 Å². The van der Waals surface area contributed by atoms with Gasteiger partial charge in [-0.3, -0.25) is 0 Å². The van der Waals surface area contributed by atoms with Crippen LogP contribution in [0.3, 0.4) is 0 Å². The minimum atomic E-state index is 0.151. The first-order valence-corrected chi connectivity index (χ1v) is 7.81. The third-order valence-corrected chi connectivity index (χ3v) is 3.85. The summed E-state index contributed by atoms with van der Waals surface area (Å²) in [5.41, 5.74) is 2.87. The highest BCUT2D eigenvalue weighted by Crippen LogP contribution is 2.29. The topological polar surface area (TPSA) is 44.8 Å². The molecule has 0 fully saturated rings. The number of nitrogens with zero attached hydrogens (tertiary/aromatic N) is 3. The second-order valence-corrected chi connectivity index (χ2v) is 6.00. The lowest BCUT2D eigenvalue weighted by atomic mass is 9.92. The highest BCUT2D eigenvalue weighted by atomic mass is 35.5. The molecule has 1 unspecified atom stereocenters. The number of rotatable bonds is 2. The molecule has 0 radical (unpaired) electrons. The van der Waals surface area contributed by atoms with Gasteiger partial charge in [0.15, 0.2) is 0 Å². The van der Waals surface area contributed by atoms with E-state index in [0.717, 1.165) is 17.0 Å². The van der Waals surface area contributed by atoms with Crippen LogP contribution in [0.2, 0.25) is 5.15 Å². The third kappa shape index (κ3) is 3.46. The number of hydrogen-bond acceptors (Lipinski definition) is 3. The smallest absolute Gasteiger partial charge is 0.129 e. The number of imidazole rings is 1. The fourth-order valence-electron chi connectivity index (χ4n) is 2.61. The van der Waals surface area contributed by atoms with Crippen molar-refractivity contribution in [2.45, 2.75) is 19.9 Å². The van der Waals surface area contributed by atoms with Crippen LogP contribution in [0.5, 0.6) is 0 Å². The molecule has 1 aliphatic rings. The predicted octanol–water partition coefficient (Wildman–Crippen LogP) is 3.79. The van der Waals surface area contributed by atoms with Gasteiger partial charge in [-0.2, -0.15) is 0 Å². The van der Waals surface area contributed by atoms with E-state index in [1.165, 1.54) is 0 Å². The van der Waals surface area contributed by atoms with Crippen molar-refractivity contribution in [1.82, 2.24) is 15.0 Å². The Morgan fingerprint density at radius 3 is 2.78 bits per heavy atom. The molecule has 0 aromatic carbocycles. The van der Waals surface area contributed by atoms with Gasteiger partial charge in [-0.1, -0.05) is 31.4 Å². The molecule has 3 rings (SSSR count). The molecule has 1 atom stereocenters. The van der Waals surface area contributed by atoms with Gasteiger partial charge in [0.1, 0.15) is 10.8 Å². The molecular formula is C18H17ClN4. The van der Waals surface area contributed by atoms with Crippen LogP contribution in [-0.2, 0) is 0 Å². The molecule has 1 aliphatic heterocycles. The second-order valence-electron chi connectivity index (χ2n) is 5.61. The van der Waals surface area contributed by atoms with Gasteiger partial charge in [0, 0.05) is 11.8 Å². The molecule has 2 aromatic heterocycles. The SMILES string of the molecule is CC(C)C1C(C#Cc2cnc[nH]2)=CC=CN1c1ccc(Cl)nc1. The molecule has 4 nitrogen and oxygen atoms in total. The van der Waals surface area contributed by atoms with Gasteiger partial charge in [-0.05, 0) is 36.1 Å². The first-order valence-electron chi connectivity index (χ1n) is 7.44. The van der Waals surface area contributed by atoms with Crippen molar-refractivity contribution in [3.05, 3.63) is 65.6 Å². The molecule has 3 heterocycles. The van der Waals surface area contributed by atoms with Crippen molar-refractivity contribution < 1.29 is 0 Å². The van der Waals surface area contributed by atoms with Gasteiger partial charge >= 0.3 is 0 Å². The molecule has 0 saturated heterocycles. The Morgan fingerprint density at radius 1 is 1.26 bits per heavy atom. The second kappa shape index (κ2) is 6.72. The van der Waals surface area contributed by atoms with Crippen molar-refractivity contribution >= 4 is 17.3 Å². The maximum atomic E-state index is 5.89. The minimum Gasteiger partial charge on any atom is -0.338 e. The third-order valence-electron chi connectivity index (χ3n) is 3.62. The lowest BCUT2D eigenvalue weighted by Gasteiger charge is -2.35. The van der Waals surface area contributed by atoms with E-state index in [2.05, 4.69) is 57.8 Å². The molecule has 0 aliphatic carbocycles. The summed E-state index contributed by atoms with van der Waals surface area (Å²) in [5, 5.41) is 0.491. The largest absolute Gasteiger partial charge is 0.338 e. The van der Waals surface area contributed by atoms with Gasteiger partial charge in [0.25, 0.3) is 0 Å². The molecule has 1 N–H and O–H groups in total. The first-order chi connectivity index (χ1) is 11.1. The summed E-state index contributed by atoms with van der Waals surface area (Å²) in [6.45, 7) is 4.37. The van der Waals surface area contributed by atoms with Crippen molar-refractivity contribution in [2.24, 2.45) is 5.92 Å². The monoisotopic (exact) mass is 324 g/mol. The highest BCUT2D eigenvalue weighted by molar-refractivity contribution is 6.29. The van der Waals surface area contributed by atoms with Crippen LogP contribution in [-0.4, -0.2) is 21.0 Å². The van der Waals surface area contributed by atoms with Crippen LogP contribution in [0.15, 0.2) is 54.8 Å². The number of nitrogens with one attached hydrogen (secondary N) is 1. The zero-order valence-corrected chi connectivity index (χ0v) is 13.7. The fourth-order valence-corrected chi connectivity index (χ4v) is 2.72. The number of halogens is 1. The summed E-state index contributed by atoms with van der Waals surface area (Å²) in [5.74, 6) is 6.78. The van der Waals surface area contributed by atoms with E-state index in [1.807, 2.05) is 12.1 Å². The molecule has 0 spiro atoms. The van der Waals surface area contributed by atoms with E-state index in [0.29, 0.717) is 11.1 Å². The van der Waals surface area contributed by atoms with Gasteiger partial charge in [-0.25, -0.2) is 9.97 Å². The van der Waals surface area contributed by atoms with Gasteiger partial charge in [-0.15, -0.1) is 0 Å². The Hall–Kier alpha value is -2.51. The fraction of sp³-hybridized carbons (Fsp3) is 0.222. The Labute approximate surface area is 140 Å². The Bertz CT molecular complexity index is 777. The first kappa shape index (κ1) is 15.4. The Kier molecular flexibility index (Phi) is 4.50. The van der Waals surface area contributed by atoms with Crippen molar-refractivity contribution in [3.63, 3.8) is 0 Å². The maximum absolute atomic E-state index is 5.89. The summed E-state index contributed by atoms with van der Waals surface area (Å²) in [4.78, 5) is 13.4. The van der Waals surface area contributed by atoms with Crippen LogP contribution in [0, 0.1) is 17.8 Å². The quantitative estimate of drug-likeness (QED) is 0.675. The normalized spacial score (nSPS) is 17.0. The standard InChI is InChI=1S/C18H17ClN4/c1-13(2)18-14(5-6-15-10-20-12-22-15)4-3-9-23(18)16-7-8-17(19)21-11-16/h3-4,7-13,18H,1-2H3,(H,20,22). The van der Waals surface area contributed by atoms with Crippen LogP contribution in [0.1, 0.15) is 19.5 Å². The molecule has 2 aromatic rings. The van der Waals surface area contributed by atoms with Crippen LogP contribution in [0.4, 0.5) is 5.69 Å². The molecule has 0 saturated carbocycles. The van der Waals surface area contributed by atoms with Crippen LogP contribution in [0.25, 0.3) is 0 Å². The highest BCUT2D eigenvalue weighted by Gasteiger charge is 2.26. The Balaban J connectivity index is 1.92. The van der Waals surface area contributed by atoms with Gasteiger partial charge in [0.05, 0.1) is 30.5 Å². The number of allylic oxidation sites excluding steroid dienone is 2. The van der Waals surface area contributed by atoms with E-state index in [-0.39, 0.29) is 6.04 Å². The average molecular weight is 325 g/mol. The summed E-state index contributed by atoms with van der Waals surface area (Å²) < 4.78 is 0. The lowest BCUT2D eigenvalue weighted by molar-refractivity contribution is 0.541. The molecule has 5 heteroatoms. The zero-order chi connectivity index (χ0) is 16.2. The van der Waals surface area contributed by atoms with E-state index in [9.17, 15) is 0 Å². The lowest BCUT2D eigenvalue weighted by Crippen LogP contribution is -2.38. The molecule has 0 bridgehead atoms. The summed E-state index contributed by atoms with van der Waals surface area (Å²) in [6, 6.07) is 3.93. The summed E-state index contributed by atoms with van der Waals surface area (Å²) >= 11 is 5.89. The van der Waals surface area contributed by atoms with Gasteiger partial charge in [0.2, 0.25) is 0 Å². The zero-order valence-electron chi connectivity index (χ0n) is 13.0. The molecule has 23 heavy (non-hydrogen) atoms. The van der Waals surface area contributed by atoms with E-state index in [1.54, 1.807) is 24.8 Å². The Morgan fingerprint density at radius 2 is 2.13 bits per heavy atom. The van der Waals surface area contributed by atoms with Crippen molar-refractivity contribution in [2.75, 3.05) is 4.90 Å². The van der Waals surface area contributed by atoms with E-state index >= 15 is 0 Å². The van der Waals surface area contributed by atoms with Gasteiger partial charge < -0.3 is 9.88 Å². The minimum absolute atomic E-state index is 0.151. The number of anilines is 1. The number of hydrogen-bond donors (Lipinski definition) is 1. The molecule has 116 valence electrons. The number of H-pyrrole nitrogens is 1. The summed E-state index contributed by atoms with van der Waals surface area (Å²) in [7, 11) is 0. The number of aromatic amines is 1. The number of pyridine rings is 1. The molecular weight excluding hydrogens is 308 g/mol. The summed E-state index contributed by atoms with van der Waals surface area (Å²) in [6.07, 6.45) is 11.3. The van der Waals surface area contributed by atoms with Crippen molar-refractivity contribution in [1.29, 1.82) is 0 Å². The average Bonchev–Trinajstić information content (AvgIpc) is 3.06. The van der Waals surface area contributed by atoms with E-state index < -0.39 is 0 Å².